The molecule has 1 heterocycles. The second kappa shape index (κ2) is 8.54. The number of rotatable bonds is 7. The Morgan fingerprint density at radius 3 is 2.53 bits per heavy atom. The van der Waals surface area contributed by atoms with Gasteiger partial charge in [-0.15, -0.1) is 0 Å². The molecule has 1 saturated heterocycles. The molecule has 8 nitrogen and oxygen atoms in total. The number of nitrogens with one attached hydrogen (secondary N) is 2. The second-order valence-corrected chi connectivity index (χ2v) is 7.29. The Morgan fingerprint density at radius 1 is 1.20 bits per heavy atom. The highest BCUT2D eigenvalue weighted by Gasteiger charge is 2.50. The molecule has 2 aromatic rings. The molecule has 8 heteroatoms. The van der Waals surface area contributed by atoms with Crippen LogP contribution in [-0.2, 0) is 15.1 Å². The van der Waals surface area contributed by atoms with Crippen LogP contribution in [0.2, 0.25) is 0 Å². The summed E-state index contributed by atoms with van der Waals surface area (Å²) >= 11 is 0. The van der Waals surface area contributed by atoms with Crippen LogP contribution in [0.1, 0.15) is 31.0 Å². The Kier molecular flexibility index (Phi) is 6.07. The molecule has 0 unspecified atom stereocenters. The van der Waals surface area contributed by atoms with Crippen LogP contribution < -0.4 is 15.5 Å². The highest BCUT2D eigenvalue weighted by Crippen LogP contribution is 2.30. The molecule has 158 valence electrons. The third kappa shape index (κ3) is 3.86. The zero-order chi connectivity index (χ0) is 21.9. The summed E-state index contributed by atoms with van der Waals surface area (Å²) in [7, 11) is 3.33. The minimum absolute atomic E-state index is 0.469. The van der Waals surface area contributed by atoms with Gasteiger partial charge >= 0.3 is 6.03 Å². The van der Waals surface area contributed by atoms with Crippen molar-refractivity contribution in [2.45, 2.75) is 25.4 Å². The lowest BCUT2D eigenvalue weighted by Gasteiger charge is -2.28. The first kappa shape index (κ1) is 21.3. The molecule has 0 aliphatic carbocycles. The smallest absolute Gasteiger partial charge is 0.344 e. The van der Waals surface area contributed by atoms with Crippen molar-refractivity contribution in [2.24, 2.45) is 0 Å². The third-order valence-corrected chi connectivity index (χ3v) is 5.36. The molecule has 0 bridgehead atoms. The number of benzene rings is 2. The molecule has 2 atom stereocenters. The molecule has 2 N–H and O–H groups in total. The number of ether oxygens (including phenoxy) is 1. The Hall–Kier alpha value is -3.39. The van der Waals surface area contributed by atoms with E-state index in [9.17, 15) is 14.4 Å². The molecule has 1 fully saturated rings. The minimum atomic E-state index is -1.32. The molecule has 1 aliphatic rings. The molecule has 0 radical (unpaired) electrons. The van der Waals surface area contributed by atoms with E-state index in [2.05, 4.69) is 10.7 Å². The number of urea groups is 1. The molecule has 1 aliphatic heterocycles. The molecule has 3 rings (SSSR count). The Morgan fingerprint density at radius 2 is 1.90 bits per heavy atom. The van der Waals surface area contributed by atoms with Crippen LogP contribution in [0.3, 0.4) is 0 Å². The number of nitrogens with zero attached hydrogens (tertiary/aromatic N) is 2. The molecule has 0 spiro atoms. The van der Waals surface area contributed by atoms with Gasteiger partial charge in [-0.1, -0.05) is 49.4 Å². The zero-order valence-corrected chi connectivity index (χ0v) is 17.5. The zero-order valence-electron chi connectivity index (χ0n) is 17.5. The van der Waals surface area contributed by atoms with E-state index >= 15 is 0 Å². The monoisotopic (exact) mass is 410 g/mol. The van der Waals surface area contributed by atoms with Crippen molar-refractivity contribution in [1.29, 1.82) is 0 Å². The number of amides is 4. The average Bonchev–Trinajstić information content (AvgIpc) is 2.98. The summed E-state index contributed by atoms with van der Waals surface area (Å²) in [4.78, 5) is 40.7. The lowest BCUT2D eigenvalue weighted by Crippen LogP contribution is -2.51. The van der Waals surface area contributed by atoms with Crippen molar-refractivity contribution in [3.8, 4) is 5.75 Å². The fraction of sp³-hybridized carbons (Fsp3) is 0.318. The van der Waals surface area contributed by atoms with Crippen LogP contribution in [0, 0.1) is 0 Å². The predicted octanol–water partition coefficient (Wildman–Crippen LogP) is 2.19. The molecule has 30 heavy (non-hydrogen) atoms. The average molecular weight is 410 g/mol. The highest BCUT2D eigenvalue weighted by atomic mass is 16.5. The Bertz CT molecular complexity index is 949. The van der Waals surface area contributed by atoms with Gasteiger partial charge in [0.25, 0.3) is 11.8 Å². The van der Waals surface area contributed by atoms with Gasteiger partial charge in [0.1, 0.15) is 17.3 Å². The Labute approximate surface area is 175 Å². The van der Waals surface area contributed by atoms with Crippen LogP contribution in [0.25, 0.3) is 0 Å². The quantitative estimate of drug-likeness (QED) is 0.683. The summed E-state index contributed by atoms with van der Waals surface area (Å²) in [6, 6.07) is 14.8. The van der Waals surface area contributed by atoms with E-state index in [4.69, 9.17) is 4.74 Å². The van der Waals surface area contributed by atoms with Crippen molar-refractivity contribution < 1.29 is 19.1 Å². The van der Waals surface area contributed by atoms with Gasteiger partial charge in [0.05, 0.1) is 7.11 Å². The normalized spacial score (nSPS) is 19.6. The van der Waals surface area contributed by atoms with E-state index in [1.54, 1.807) is 31.2 Å². The summed E-state index contributed by atoms with van der Waals surface area (Å²) < 4.78 is 5.22. The topological polar surface area (TPSA) is 91.0 Å². The third-order valence-electron chi connectivity index (χ3n) is 5.36. The van der Waals surface area contributed by atoms with Gasteiger partial charge in [-0.05, 0) is 43.8 Å². The largest absolute Gasteiger partial charge is 0.497 e. The second-order valence-electron chi connectivity index (χ2n) is 7.29. The number of carbonyl (C=O) groups is 3. The lowest BCUT2D eigenvalue weighted by molar-refractivity contribution is -0.141. The fourth-order valence-electron chi connectivity index (χ4n) is 3.47. The van der Waals surface area contributed by atoms with Crippen molar-refractivity contribution in [3.05, 3.63) is 65.7 Å². The van der Waals surface area contributed by atoms with E-state index in [0.29, 0.717) is 17.9 Å². The number of imide groups is 1. The van der Waals surface area contributed by atoms with E-state index < -0.39 is 29.4 Å². The van der Waals surface area contributed by atoms with Gasteiger partial charge < -0.3 is 10.1 Å². The maximum absolute atomic E-state index is 13.1. The molecule has 2 aromatic carbocycles. The Balaban J connectivity index is 1.86. The fourth-order valence-corrected chi connectivity index (χ4v) is 3.47. The van der Waals surface area contributed by atoms with E-state index in [-0.39, 0.29) is 0 Å². The van der Waals surface area contributed by atoms with E-state index in [1.165, 1.54) is 7.11 Å². The van der Waals surface area contributed by atoms with Gasteiger partial charge in [-0.25, -0.2) is 4.79 Å². The van der Waals surface area contributed by atoms with Crippen LogP contribution in [0.15, 0.2) is 54.6 Å². The van der Waals surface area contributed by atoms with Gasteiger partial charge in [-0.2, -0.15) is 5.01 Å². The van der Waals surface area contributed by atoms with Crippen molar-refractivity contribution in [2.75, 3.05) is 20.7 Å². The van der Waals surface area contributed by atoms with Crippen LogP contribution in [-0.4, -0.2) is 48.5 Å². The minimum Gasteiger partial charge on any atom is -0.497 e. The molecule has 0 saturated carbocycles. The van der Waals surface area contributed by atoms with Gasteiger partial charge in [0.15, 0.2) is 0 Å². The number of methoxy groups -OCH3 is 1. The molecular weight excluding hydrogens is 384 g/mol. The molecule has 0 aromatic heterocycles. The van der Waals surface area contributed by atoms with Crippen molar-refractivity contribution >= 4 is 17.8 Å². The summed E-state index contributed by atoms with van der Waals surface area (Å²) in [5.41, 5.74) is 2.51. The molecular formula is C22H26N4O4. The van der Waals surface area contributed by atoms with Gasteiger partial charge in [0, 0.05) is 0 Å². The first-order valence-corrected chi connectivity index (χ1v) is 9.68. The maximum atomic E-state index is 13.1. The van der Waals surface area contributed by atoms with Gasteiger partial charge in [0.2, 0.25) is 0 Å². The number of hydrogen-bond acceptors (Lipinski definition) is 5. The van der Waals surface area contributed by atoms with E-state index in [1.807, 2.05) is 49.2 Å². The van der Waals surface area contributed by atoms with Crippen molar-refractivity contribution in [3.63, 3.8) is 0 Å². The van der Waals surface area contributed by atoms with Crippen LogP contribution in [0.5, 0.6) is 5.75 Å². The highest BCUT2D eigenvalue weighted by molar-refractivity contribution is 6.08. The summed E-state index contributed by atoms with van der Waals surface area (Å²) in [6.07, 6.45) is 0. The van der Waals surface area contributed by atoms with Crippen molar-refractivity contribution in [1.82, 2.24) is 20.7 Å². The van der Waals surface area contributed by atoms with E-state index in [0.717, 1.165) is 10.6 Å². The summed E-state index contributed by atoms with van der Waals surface area (Å²) in [6.45, 7) is 4.13. The standard InChI is InChI=1S/C22H26N4O4/c1-5-25(3)18(15-10-7-6-8-11-15)19(27)24-26-20(28)22(2,23-21(26)29)16-12-9-13-17(14-16)30-4/h6-14,18H,5H2,1-4H3,(H,23,29)(H,24,27)/t18-,22+/m0/s1. The number of likely N-dealkylation sites (N-methyl/N-ethyl adjacent to an activating group) is 1. The van der Waals surface area contributed by atoms with Crippen LogP contribution >= 0.6 is 0 Å². The van der Waals surface area contributed by atoms with Gasteiger partial charge in [-0.3, -0.25) is 19.9 Å². The first-order valence-electron chi connectivity index (χ1n) is 9.68. The first-order chi connectivity index (χ1) is 14.3. The number of hydrogen-bond donors (Lipinski definition) is 2. The number of hydrazine groups is 1. The number of carbonyl (C=O) groups excluding carboxylic acids is 3. The summed E-state index contributed by atoms with van der Waals surface area (Å²) in [5.74, 6) is -0.476. The maximum Gasteiger partial charge on any atom is 0.344 e. The lowest BCUT2D eigenvalue weighted by atomic mass is 9.92. The summed E-state index contributed by atoms with van der Waals surface area (Å²) in [5, 5.41) is 3.43. The predicted molar refractivity (Wildman–Crippen MR) is 111 cm³/mol. The SMILES string of the molecule is CCN(C)[C@H](C(=O)NN1C(=O)N[C@](C)(c2cccc(OC)c2)C1=O)c1ccccc1. The molecule has 4 amide bonds. The van der Waals surface area contributed by atoms with Crippen LogP contribution in [0.4, 0.5) is 4.79 Å².